The molecule has 1 unspecified atom stereocenters. The van der Waals surface area contributed by atoms with Gasteiger partial charge in [0.15, 0.2) is 12.6 Å². The maximum Gasteiger partial charge on any atom is 0.321 e. The number of para-hydroxylation sites is 1. The molecule has 0 spiro atoms. The maximum atomic E-state index is 14.9. The number of urea groups is 1. The molecule has 3 saturated heterocycles. The number of likely N-dealkylation sites (N-methyl/N-ethyl adjacent to an activating group) is 1. The number of H-pyrrole nitrogens is 1. The van der Waals surface area contributed by atoms with Crippen molar-refractivity contribution >= 4 is 46.2 Å². The lowest BCUT2D eigenvalue weighted by molar-refractivity contribution is -0.317. The minimum absolute atomic E-state index is 0.155. The topological polar surface area (TPSA) is 187 Å². The van der Waals surface area contributed by atoms with Gasteiger partial charge in [0, 0.05) is 72.4 Å². The van der Waals surface area contributed by atoms with Gasteiger partial charge in [-0.15, -0.1) is 0 Å². The van der Waals surface area contributed by atoms with Crippen LogP contribution in [0, 0.1) is 17.8 Å². The number of hydrogen-bond donors (Lipinski definition) is 6. The largest absolute Gasteiger partial charge is 0.387 e. The zero-order chi connectivity index (χ0) is 47.4. The van der Waals surface area contributed by atoms with E-state index in [0.29, 0.717) is 23.6 Å². The molecule has 6 rings (SSSR count). The van der Waals surface area contributed by atoms with Crippen molar-refractivity contribution in [2.24, 2.45) is 17.8 Å². The normalized spacial score (nSPS) is 37.0. The van der Waals surface area contributed by atoms with Gasteiger partial charge in [-0.3, -0.25) is 4.79 Å². The van der Waals surface area contributed by atoms with Crippen LogP contribution in [0.4, 0.5) is 10.5 Å². The summed E-state index contributed by atoms with van der Waals surface area (Å²) in [5.41, 5.74) is -0.158. The van der Waals surface area contributed by atoms with Crippen molar-refractivity contribution < 1.29 is 48.6 Å². The van der Waals surface area contributed by atoms with E-state index in [4.69, 9.17) is 35.3 Å². The molecule has 3 amide bonds. The molecule has 15 nitrogen and oxygen atoms in total. The van der Waals surface area contributed by atoms with E-state index in [1.807, 2.05) is 82.4 Å². The Morgan fingerprint density at radius 3 is 2.42 bits per heavy atom. The first-order valence-corrected chi connectivity index (χ1v) is 23.4. The van der Waals surface area contributed by atoms with Crippen molar-refractivity contribution in [3.05, 3.63) is 71.4 Å². The van der Waals surface area contributed by atoms with Crippen LogP contribution in [0.2, 0.25) is 5.02 Å². The molecule has 360 valence electrons. The second-order valence-electron chi connectivity index (χ2n) is 19.4. The van der Waals surface area contributed by atoms with Crippen LogP contribution in [-0.2, 0) is 28.5 Å². The Morgan fingerprint density at radius 2 is 1.72 bits per heavy atom. The molecule has 0 radical (unpaired) electrons. The minimum Gasteiger partial charge on any atom is -0.387 e. The van der Waals surface area contributed by atoms with Gasteiger partial charge in [-0.05, 0) is 103 Å². The summed E-state index contributed by atoms with van der Waals surface area (Å²) in [7, 11) is 5.32. The van der Waals surface area contributed by atoms with Crippen molar-refractivity contribution in [3.8, 4) is 0 Å². The number of aliphatic hydroxyl groups is 3. The highest BCUT2D eigenvalue weighted by Crippen LogP contribution is 2.39. The number of nitrogens with zero attached hydrogens (tertiary/aromatic N) is 2. The molecule has 3 aliphatic rings. The summed E-state index contributed by atoms with van der Waals surface area (Å²) < 4.78 is 32.1. The van der Waals surface area contributed by atoms with Gasteiger partial charge in [0.1, 0.15) is 12.2 Å². The van der Waals surface area contributed by atoms with Crippen LogP contribution in [0.1, 0.15) is 79.7 Å². The minimum atomic E-state index is -1.63. The molecule has 3 aliphatic heterocycles. The molecular weight excluding hydrogens is 854 g/mol. The van der Waals surface area contributed by atoms with Crippen LogP contribution in [0.25, 0.3) is 17.0 Å². The van der Waals surface area contributed by atoms with E-state index in [9.17, 15) is 24.9 Å². The third kappa shape index (κ3) is 12.3. The lowest BCUT2D eigenvalue weighted by atomic mass is 9.77. The fourth-order valence-electron chi connectivity index (χ4n) is 9.98. The SMILES string of the molecule is CO[C@]1(C)C[C@H](O[C@H]2[C@H](C)[C@@H](O[C@@H]3O[C@H](C)C[C@H](N(C)C)[C@H]3O)[C@](C)(O)C[C@@H](C)CN(C(=O)Nc3ccc(Cl)cc3)CCC(/C=C/c3c[nH]c4ccccc34)NC(=O)[C@@H]2C)O[C@@H](C)[C@@H]1O. The Labute approximate surface area is 389 Å². The van der Waals surface area contributed by atoms with Crippen LogP contribution >= 0.6 is 11.6 Å². The quantitative estimate of drug-likeness (QED) is 0.139. The summed E-state index contributed by atoms with van der Waals surface area (Å²) in [5, 5.41) is 43.5. The standard InChI is InChI=1S/C49H72ClN5O10/c1-28-24-48(6,60)44(65-46-41(56)39(54(8)9)23-29(2)62-46)30(3)42(64-40-25-49(7,61-10)43(57)32(5)63-40)31(4)45(58)52-36(18-15-33-26-51-38-14-12-11-13-37(33)38)21-22-55(27-28)47(59)53-35-19-16-34(50)17-20-35/h11-20,26,28-32,36,39-44,46,51,56-57,60H,21-25,27H2,1-10H3,(H,52,58)(H,53,59)/b18-15+/t28-,29-,30+,31-,32+,36?,39+,40+,41-,42+,43+,44-,46+,48-,49-/m1/s1. The first-order chi connectivity index (χ1) is 30.7. The summed E-state index contributed by atoms with van der Waals surface area (Å²) in [6.45, 7) is 13.2. The highest BCUT2D eigenvalue weighted by molar-refractivity contribution is 6.30. The molecule has 3 aromatic rings. The predicted octanol–water partition coefficient (Wildman–Crippen LogP) is 6.40. The third-order valence-corrected chi connectivity index (χ3v) is 14.0. The van der Waals surface area contributed by atoms with Crippen molar-refractivity contribution in [3.63, 3.8) is 0 Å². The monoisotopic (exact) mass is 925 g/mol. The lowest BCUT2D eigenvalue weighted by Gasteiger charge is -2.49. The van der Waals surface area contributed by atoms with Gasteiger partial charge in [0.2, 0.25) is 5.91 Å². The fraction of sp³-hybridized carbons (Fsp3) is 0.633. The Balaban J connectivity index is 1.41. The number of aromatic nitrogens is 1. The highest BCUT2D eigenvalue weighted by atomic mass is 35.5. The number of rotatable bonds is 9. The molecular formula is C49H72ClN5O10. The van der Waals surface area contributed by atoms with Crippen molar-refractivity contribution in [1.82, 2.24) is 20.1 Å². The molecule has 0 aliphatic carbocycles. The Hall–Kier alpha value is -3.61. The first-order valence-electron chi connectivity index (χ1n) is 23.0. The van der Waals surface area contributed by atoms with Crippen molar-refractivity contribution in [1.29, 1.82) is 0 Å². The van der Waals surface area contributed by atoms with Gasteiger partial charge in [0.25, 0.3) is 0 Å². The number of benzene rings is 2. The molecule has 1 aromatic heterocycles. The molecule has 15 atom stereocenters. The molecule has 4 heterocycles. The van der Waals surface area contributed by atoms with Crippen molar-refractivity contribution in [2.75, 3.05) is 39.6 Å². The number of aromatic amines is 1. The van der Waals surface area contributed by atoms with E-state index in [1.54, 1.807) is 56.9 Å². The number of hydrogen-bond acceptors (Lipinski definition) is 11. The Kier molecular flexibility index (Phi) is 16.9. The van der Waals surface area contributed by atoms with E-state index < -0.39 is 72.2 Å². The van der Waals surface area contributed by atoms with Gasteiger partial charge in [0.05, 0.1) is 41.5 Å². The Bertz CT molecular complexity index is 2070. The van der Waals surface area contributed by atoms with Gasteiger partial charge in [-0.25, -0.2) is 4.79 Å². The number of halogens is 1. The molecule has 6 N–H and O–H groups in total. The predicted molar refractivity (Wildman–Crippen MR) is 251 cm³/mol. The van der Waals surface area contributed by atoms with E-state index in [2.05, 4.69) is 15.6 Å². The zero-order valence-electron chi connectivity index (χ0n) is 39.6. The number of amides is 3. The van der Waals surface area contributed by atoms with E-state index in [0.717, 1.165) is 16.5 Å². The molecule has 16 heteroatoms. The van der Waals surface area contributed by atoms with E-state index >= 15 is 0 Å². The number of carbonyl (C=O) groups excluding carboxylic acids is 2. The van der Waals surface area contributed by atoms with Gasteiger partial charge in [-0.2, -0.15) is 0 Å². The molecule has 2 aromatic carbocycles. The number of anilines is 1. The van der Waals surface area contributed by atoms with E-state index in [-0.39, 0.29) is 55.9 Å². The van der Waals surface area contributed by atoms with Gasteiger partial charge in [-0.1, -0.05) is 62.7 Å². The average molecular weight is 927 g/mol. The highest BCUT2D eigenvalue weighted by Gasteiger charge is 2.51. The summed E-state index contributed by atoms with van der Waals surface area (Å²) in [5.74, 6) is -2.24. The maximum absolute atomic E-state index is 14.9. The van der Waals surface area contributed by atoms with Crippen LogP contribution in [0.15, 0.2) is 60.8 Å². The molecule has 3 fully saturated rings. The summed E-state index contributed by atoms with van der Waals surface area (Å²) in [6, 6.07) is 13.7. The number of nitrogens with one attached hydrogen (secondary N) is 3. The van der Waals surface area contributed by atoms with E-state index in [1.165, 1.54) is 7.11 Å². The first kappa shape index (κ1) is 50.8. The van der Waals surface area contributed by atoms with Crippen molar-refractivity contribution in [2.45, 2.75) is 147 Å². The fourth-order valence-corrected chi connectivity index (χ4v) is 10.1. The summed E-state index contributed by atoms with van der Waals surface area (Å²) >= 11 is 6.16. The number of carbonyl (C=O) groups is 2. The second-order valence-corrected chi connectivity index (χ2v) is 19.9. The zero-order valence-corrected chi connectivity index (χ0v) is 40.3. The Morgan fingerprint density at radius 1 is 1.02 bits per heavy atom. The smallest absolute Gasteiger partial charge is 0.321 e. The van der Waals surface area contributed by atoms with Crippen LogP contribution in [0.3, 0.4) is 0 Å². The van der Waals surface area contributed by atoms with Gasteiger partial charge >= 0.3 is 6.03 Å². The second kappa shape index (κ2) is 21.6. The summed E-state index contributed by atoms with van der Waals surface area (Å²) in [6.07, 6.45) is 0.0412. The van der Waals surface area contributed by atoms with Crippen LogP contribution in [0.5, 0.6) is 0 Å². The molecule has 65 heavy (non-hydrogen) atoms. The molecule has 0 saturated carbocycles. The average Bonchev–Trinajstić information content (AvgIpc) is 3.67. The number of ether oxygens (including phenoxy) is 5. The number of methoxy groups -OCH3 is 1. The summed E-state index contributed by atoms with van der Waals surface area (Å²) in [4.78, 5) is 36.0. The molecule has 0 bridgehead atoms. The van der Waals surface area contributed by atoms with Crippen LogP contribution in [-0.4, -0.2) is 149 Å². The van der Waals surface area contributed by atoms with Crippen LogP contribution < -0.4 is 10.6 Å². The number of aliphatic hydroxyl groups excluding tert-OH is 2. The lowest BCUT2D eigenvalue weighted by Crippen LogP contribution is -2.61. The third-order valence-electron chi connectivity index (χ3n) is 13.7. The van der Waals surface area contributed by atoms with Gasteiger partial charge < -0.3 is 64.4 Å². The number of fused-ring (bicyclic) bond motifs is 1.